The first-order valence-corrected chi connectivity index (χ1v) is 6.17. The van der Waals surface area contributed by atoms with Gasteiger partial charge < -0.3 is 4.74 Å². The minimum Gasteiger partial charge on any atom is -0.423 e. The molecule has 0 bridgehead atoms. The predicted octanol–water partition coefficient (Wildman–Crippen LogP) is 4.39. The Morgan fingerprint density at radius 2 is 1.65 bits per heavy atom. The number of rotatable bonds is 2. The van der Waals surface area contributed by atoms with Crippen molar-refractivity contribution in [3.05, 3.63) is 38.3 Å². The van der Waals surface area contributed by atoms with Crippen LogP contribution in [0.2, 0.25) is 15.6 Å². The van der Waals surface area contributed by atoms with Crippen molar-refractivity contribution in [2.24, 2.45) is 0 Å². The van der Waals surface area contributed by atoms with Crippen molar-refractivity contribution < 1.29 is 4.74 Å². The second-order valence-electron chi connectivity index (χ2n) is 2.83. The molecule has 0 aliphatic carbocycles. The number of benzene rings is 1. The van der Waals surface area contributed by atoms with Crippen molar-refractivity contribution in [3.63, 3.8) is 0 Å². The van der Waals surface area contributed by atoms with E-state index in [9.17, 15) is 0 Å². The van der Waals surface area contributed by atoms with Crippen molar-refractivity contribution in [3.8, 4) is 11.8 Å². The molecular weight excluding hydrogens is 352 g/mol. The highest BCUT2D eigenvalue weighted by Gasteiger charge is 2.08. The molecule has 0 spiro atoms. The van der Waals surface area contributed by atoms with E-state index in [0.717, 1.165) is 4.47 Å². The Morgan fingerprint density at radius 3 is 2.29 bits per heavy atom. The molecule has 0 aliphatic rings. The van der Waals surface area contributed by atoms with Crippen LogP contribution < -0.4 is 4.74 Å². The highest BCUT2D eigenvalue weighted by atomic mass is 79.9. The summed E-state index contributed by atoms with van der Waals surface area (Å²) in [6.45, 7) is 0. The number of hydrogen-bond donors (Lipinski definition) is 0. The van der Waals surface area contributed by atoms with E-state index >= 15 is 0 Å². The summed E-state index contributed by atoms with van der Waals surface area (Å²) in [7, 11) is 0. The minimum atomic E-state index is -0.0499. The third-order valence-corrected chi connectivity index (χ3v) is 2.80. The van der Waals surface area contributed by atoms with Crippen LogP contribution in [0.3, 0.4) is 0 Å². The molecule has 17 heavy (non-hydrogen) atoms. The number of ether oxygens (including phenoxy) is 1. The van der Waals surface area contributed by atoms with Gasteiger partial charge >= 0.3 is 6.01 Å². The fraction of sp³-hybridized carbons (Fsp3) is 0. The van der Waals surface area contributed by atoms with Gasteiger partial charge in [-0.2, -0.15) is 15.0 Å². The highest BCUT2D eigenvalue weighted by molar-refractivity contribution is 9.10. The van der Waals surface area contributed by atoms with Crippen LogP contribution in [0.15, 0.2) is 22.7 Å². The van der Waals surface area contributed by atoms with Crippen LogP contribution in [-0.4, -0.2) is 15.0 Å². The highest BCUT2D eigenvalue weighted by Crippen LogP contribution is 2.31. The Kier molecular flexibility index (Phi) is 4.04. The molecular formula is C9H3BrCl3N3O. The van der Waals surface area contributed by atoms with Gasteiger partial charge in [-0.05, 0) is 41.4 Å². The molecule has 0 saturated carbocycles. The summed E-state index contributed by atoms with van der Waals surface area (Å²) in [5.41, 5.74) is 0. The van der Waals surface area contributed by atoms with E-state index in [1.165, 1.54) is 0 Å². The van der Waals surface area contributed by atoms with Gasteiger partial charge in [0.05, 0.1) is 5.02 Å². The van der Waals surface area contributed by atoms with Crippen LogP contribution in [0.1, 0.15) is 0 Å². The van der Waals surface area contributed by atoms with Gasteiger partial charge in [-0.25, -0.2) is 0 Å². The molecule has 0 unspecified atom stereocenters. The molecule has 0 atom stereocenters. The molecule has 1 heterocycles. The summed E-state index contributed by atoms with van der Waals surface area (Å²) in [5.74, 6) is 0.388. The Morgan fingerprint density at radius 1 is 1.00 bits per heavy atom. The first-order chi connectivity index (χ1) is 8.04. The standard InChI is InChI=1S/C9H3BrCl3N3O/c10-4-1-2-5(11)6(3-4)17-9-15-7(12)14-8(13)16-9/h1-3H. The molecule has 0 aliphatic heterocycles. The molecule has 0 saturated heterocycles. The molecule has 0 N–H and O–H groups in total. The zero-order chi connectivity index (χ0) is 12.4. The first-order valence-electron chi connectivity index (χ1n) is 4.24. The summed E-state index contributed by atoms with van der Waals surface area (Å²) in [4.78, 5) is 11.1. The maximum absolute atomic E-state index is 5.94. The number of halogens is 4. The lowest BCUT2D eigenvalue weighted by Crippen LogP contribution is -1.95. The van der Waals surface area contributed by atoms with Crippen LogP contribution in [0, 0.1) is 0 Å². The zero-order valence-electron chi connectivity index (χ0n) is 7.99. The van der Waals surface area contributed by atoms with Crippen molar-refractivity contribution in [1.82, 2.24) is 15.0 Å². The molecule has 2 aromatic rings. The third-order valence-electron chi connectivity index (χ3n) is 1.65. The molecule has 8 heteroatoms. The maximum atomic E-state index is 5.94. The van der Waals surface area contributed by atoms with Gasteiger partial charge in [0.15, 0.2) is 5.75 Å². The fourth-order valence-corrected chi connectivity index (χ4v) is 1.85. The van der Waals surface area contributed by atoms with Crippen molar-refractivity contribution in [2.75, 3.05) is 0 Å². The van der Waals surface area contributed by atoms with Gasteiger partial charge in [0, 0.05) is 4.47 Å². The summed E-state index contributed by atoms with van der Waals surface area (Å²) in [6, 6.07) is 5.11. The maximum Gasteiger partial charge on any atom is 0.327 e. The van der Waals surface area contributed by atoms with Crippen LogP contribution >= 0.6 is 50.7 Å². The van der Waals surface area contributed by atoms with E-state index in [4.69, 9.17) is 39.5 Å². The van der Waals surface area contributed by atoms with Crippen LogP contribution in [-0.2, 0) is 0 Å². The predicted molar refractivity (Wildman–Crippen MR) is 69.1 cm³/mol. The first kappa shape index (κ1) is 12.8. The summed E-state index contributed by atoms with van der Waals surface area (Å²) in [5, 5.41) is 0.318. The SMILES string of the molecule is Clc1nc(Cl)nc(Oc2cc(Br)ccc2Cl)n1. The topological polar surface area (TPSA) is 47.9 Å². The Hall–Kier alpha value is -0.620. The second kappa shape index (κ2) is 5.35. The molecule has 1 aromatic heterocycles. The third kappa shape index (κ3) is 3.42. The van der Waals surface area contributed by atoms with Crippen molar-refractivity contribution in [1.29, 1.82) is 0 Å². The summed E-state index contributed by atoms with van der Waals surface area (Å²) in [6.07, 6.45) is 0. The van der Waals surface area contributed by atoms with Gasteiger partial charge in [0.25, 0.3) is 0 Å². The quantitative estimate of drug-likeness (QED) is 0.802. The molecule has 2 rings (SSSR count). The van der Waals surface area contributed by atoms with Crippen LogP contribution in [0.5, 0.6) is 11.8 Å². The lowest BCUT2D eigenvalue weighted by Gasteiger charge is -2.06. The number of aromatic nitrogens is 3. The fourth-order valence-electron chi connectivity index (χ4n) is 1.01. The number of nitrogens with zero attached hydrogens (tertiary/aromatic N) is 3. The van der Waals surface area contributed by atoms with Gasteiger partial charge in [0.2, 0.25) is 10.6 Å². The van der Waals surface area contributed by atoms with Crippen molar-refractivity contribution >= 4 is 50.7 Å². The summed E-state index contributed by atoms with van der Waals surface area (Å²) < 4.78 is 6.17. The molecule has 0 radical (unpaired) electrons. The smallest absolute Gasteiger partial charge is 0.327 e. The molecule has 0 amide bonds. The average Bonchev–Trinajstić information content (AvgIpc) is 2.22. The van der Waals surface area contributed by atoms with E-state index in [0.29, 0.717) is 10.8 Å². The molecule has 4 nitrogen and oxygen atoms in total. The van der Waals surface area contributed by atoms with Gasteiger partial charge in [-0.15, -0.1) is 0 Å². The molecule has 88 valence electrons. The van der Waals surface area contributed by atoms with Gasteiger partial charge in [-0.3, -0.25) is 0 Å². The van der Waals surface area contributed by atoms with E-state index in [1.54, 1.807) is 18.2 Å². The molecule has 0 fully saturated rings. The monoisotopic (exact) mass is 353 g/mol. The van der Waals surface area contributed by atoms with E-state index in [-0.39, 0.29) is 16.6 Å². The van der Waals surface area contributed by atoms with Crippen molar-refractivity contribution in [2.45, 2.75) is 0 Å². The normalized spacial score (nSPS) is 10.4. The van der Waals surface area contributed by atoms with E-state index in [1.807, 2.05) is 0 Å². The minimum absolute atomic E-state index is 0.0185. The largest absolute Gasteiger partial charge is 0.423 e. The van der Waals surface area contributed by atoms with Crippen LogP contribution in [0.4, 0.5) is 0 Å². The Balaban J connectivity index is 2.34. The number of hydrogen-bond acceptors (Lipinski definition) is 4. The average molecular weight is 355 g/mol. The van der Waals surface area contributed by atoms with E-state index in [2.05, 4.69) is 30.9 Å². The zero-order valence-corrected chi connectivity index (χ0v) is 11.8. The van der Waals surface area contributed by atoms with Crippen LogP contribution in [0.25, 0.3) is 0 Å². The Bertz CT molecular complexity index is 547. The summed E-state index contributed by atoms with van der Waals surface area (Å²) >= 11 is 20.5. The second-order valence-corrected chi connectivity index (χ2v) is 4.83. The Labute approximate surface area is 120 Å². The van der Waals surface area contributed by atoms with Gasteiger partial charge in [-0.1, -0.05) is 27.5 Å². The van der Waals surface area contributed by atoms with E-state index < -0.39 is 0 Å². The lowest BCUT2D eigenvalue weighted by molar-refractivity contribution is 0.439. The lowest BCUT2D eigenvalue weighted by atomic mass is 10.3. The molecule has 1 aromatic carbocycles. The van der Waals surface area contributed by atoms with Gasteiger partial charge in [0.1, 0.15) is 0 Å².